The van der Waals surface area contributed by atoms with E-state index in [9.17, 15) is 14.0 Å². The van der Waals surface area contributed by atoms with Crippen molar-refractivity contribution >= 4 is 58.8 Å². The maximum atomic E-state index is 14.6. The molecule has 2 aromatic heterocycles. The number of aromatic nitrogens is 1. The molecule has 0 unspecified atom stereocenters. The summed E-state index contributed by atoms with van der Waals surface area (Å²) in [5.74, 6) is -0.834. The van der Waals surface area contributed by atoms with Gasteiger partial charge in [0, 0.05) is 26.6 Å². The molecule has 0 atom stereocenters. The van der Waals surface area contributed by atoms with E-state index >= 15 is 0 Å². The summed E-state index contributed by atoms with van der Waals surface area (Å²) < 4.78 is 60.4. The van der Waals surface area contributed by atoms with Gasteiger partial charge in [0.2, 0.25) is 0 Å². The number of fused-ring (bicyclic) bond motifs is 3. The zero-order valence-electron chi connectivity index (χ0n) is 26.7. The number of furan rings is 1. The molecule has 3 nitrogen and oxygen atoms in total. The van der Waals surface area contributed by atoms with Gasteiger partial charge in [0.1, 0.15) is 31.4 Å². The highest BCUT2D eigenvalue weighted by molar-refractivity contribution is 7.11. The van der Waals surface area contributed by atoms with E-state index in [0.717, 1.165) is 10.6 Å². The number of pyridine rings is 1. The van der Waals surface area contributed by atoms with Crippen LogP contribution in [0.5, 0.6) is 0 Å². The number of benzene rings is 4. The fraction of sp³-hybridized carbons (Fsp3) is 0.143. The summed E-state index contributed by atoms with van der Waals surface area (Å²) in [7, 11) is -5.15. The lowest BCUT2D eigenvalue weighted by atomic mass is 10.0. The molecule has 208 valence electrons. The molecule has 0 spiro atoms. The minimum Gasteiger partial charge on any atom is -0.454 e. The third kappa shape index (κ3) is 4.48. The van der Waals surface area contributed by atoms with E-state index in [1.807, 2.05) is 49.0 Å². The van der Waals surface area contributed by atoms with Crippen LogP contribution in [-0.4, -0.2) is 21.1 Å². The van der Waals surface area contributed by atoms with Crippen LogP contribution in [-0.2, 0) is 0 Å². The maximum absolute atomic E-state index is 14.6. The molecule has 0 aliphatic rings. The Bertz CT molecular complexity index is 2120. The minimum absolute atomic E-state index is 0.284. The molecule has 0 fully saturated rings. The Hall–Kier alpha value is -4.39. The molecule has 2 heterocycles. The third-order valence-corrected chi connectivity index (χ3v) is 14.5. The van der Waals surface area contributed by atoms with E-state index in [1.165, 1.54) is 24.3 Å². The van der Waals surface area contributed by atoms with Crippen LogP contribution in [0.2, 0.25) is 26.2 Å². The van der Waals surface area contributed by atoms with E-state index in [4.69, 9.17) is 13.5 Å². The number of para-hydroxylation sites is 1. The first-order valence-corrected chi connectivity index (χ1v) is 19.7. The van der Waals surface area contributed by atoms with Crippen LogP contribution in [0.1, 0.15) is 15.2 Å². The zero-order chi connectivity index (χ0) is 32.3. The van der Waals surface area contributed by atoms with Crippen LogP contribution in [0.15, 0.2) is 95.5 Å². The fourth-order valence-corrected chi connectivity index (χ4v) is 11.0. The molecule has 0 saturated carbocycles. The summed E-state index contributed by atoms with van der Waals surface area (Å²) in [6, 6.07) is 25.9. The van der Waals surface area contributed by atoms with Crippen molar-refractivity contribution in [3.63, 3.8) is 0 Å². The molecule has 4 aromatic carbocycles. The van der Waals surface area contributed by atoms with Crippen LogP contribution in [0.25, 0.3) is 33.2 Å². The summed E-state index contributed by atoms with van der Waals surface area (Å²) in [5, 5.41) is 14.9. The summed E-state index contributed by atoms with van der Waals surface area (Å²) in [6.45, 7) is 5.92. The highest BCUT2D eigenvalue weighted by Crippen LogP contribution is 2.36. The zero-order valence-corrected chi connectivity index (χ0v) is 25.7. The lowest BCUT2D eigenvalue weighted by Gasteiger charge is -2.30. The van der Waals surface area contributed by atoms with Crippen molar-refractivity contribution in [2.45, 2.75) is 33.0 Å². The van der Waals surface area contributed by atoms with Gasteiger partial charge >= 0.3 is 0 Å². The predicted octanol–water partition coefficient (Wildman–Crippen LogP) is 6.75. The van der Waals surface area contributed by atoms with Crippen molar-refractivity contribution in [2.75, 3.05) is 0 Å². The Kier molecular flexibility index (Phi) is 5.86. The van der Waals surface area contributed by atoms with E-state index in [0.29, 0.717) is 48.9 Å². The van der Waals surface area contributed by atoms with Crippen molar-refractivity contribution in [3.8, 4) is 17.3 Å². The van der Waals surface area contributed by atoms with Crippen LogP contribution in [0.3, 0.4) is 0 Å². The standard InChI is InChI=1S/C35H30F2N2OSi2/c1-22-17-31(39-21-33(22)41(2,3)4)29-14-8-13-27-28-15-16-32(30(20-38)35(28)40-34(27)29)42(5,25-11-6-9-23(36)18-25)26-12-7-10-24(37)19-26/h6-19,21H,1-5H3/i1D3. The summed E-state index contributed by atoms with van der Waals surface area (Å²) in [4.78, 5) is 4.70. The predicted molar refractivity (Wildman–Crippen MR) is 173 cm³/mol. The Morgan fingerprint density at radius 1 is 0.786 bits per heavy atom. The van der Waals surface area contributed by atoms with Gasteiger partial charge in [-0.1, -0.05) is 74.7 Å². The van der Waals surface area contributed by atoms with Crippen molar-refractivity contribution in [1.82, 2.24) is 4.98 Å². The van der Waals surface area contributed by atoms with E-state index in [1.54, 1.807) is 24.4 Å². The molecule has 0 aliphatic heterocycles. The Morgan fingerprint density at radius 3 is 2.02 bits per heavy atom. The summed E-state index contributed by atoms with van der Waals surface area (Å²) in [5.41, 5.74) is 2.49. The topological polar surface area (TPSA) is 49.8 Å². The Morgan fingerprint density at radius 2 is 1.43 bits per heavy atom. The molecule has 42 heavy (non-hydrogen) atoms. The minimum atomic E-state index is -3.14. The third-order valence-electron chi connectivity index (χ3n) is 8.11. The van der Waals surface area contributed by atoms with Gasteiger partial charge in [-0.3, -0.25) is 4.98 Å². The number of rotatable bonds is 5. The average Bonchev–Trinajstić information content (AvgIpc) is 3.38. The molecule has 0 radical (unpaired) electrons. The normalized spacial score (nSPS) is 13.5. The second-order valence-electron chi connectivity index (χ2n) is 11.8. The first-order valence-electron chi connectivity index (χ1n) is 15.2. The highest BCUT2D eigenvalue weighted by atomic mass is 28.3. The van der Waals surface area contributed by atoms with Gasteiger partial charge in [-0.15, -0.1) is 0 Å². The Labute approximate surface area is 250 Å². The lowest BCUT2D eigenvalue weighted by molar-refractivity contribution is 0.629. The molecule has 7 heteroatoms. The second kappa shape index (κ2) is 10.2. The number of halogens is 2. The van der Waals surface area contributed by atoms with Crippen LogP contribution in [0, 0.1) is 29.8 Å². The largest absolute Gasteiger partial charge is 0.454 e. The fourth-order valence-electron chi connectivity index (χ4n) is 5.87. The molecule has 0 aliphatic carbocycles. The van der Waals surface area contributed by atoms with Gasteiger partial charge in [0.25, 0.3) is 0 Å². The van der Waals surface area contributed by atoms with Crippen LogP contribution < -0.4 is 20.7 Å². The van der Waals surface area contributed by atoms with Crippen molar-refractivity contribution < 1.29 is 17.3 Å². The van der Waals surface area contributed by atoms with Gasteiger partial charge in [-0.2, -0.15) is 5.26 Å². The van der Waals surface area contributed by atoms with E-state index in [-0.39, 0.29) is 5.56 Å². The van der Waals surface area contributed by atoms with Gasteiger partial charge in [0.15, 0.2) is 5.58 Å². The second-order valence-corrected chi connectivity index (χ2v) is 20.8. The quantitative estimate of drug-likeness (QED) is 0.165. The van der Waals surface area contributed by atoms with Gasteiger partial charge in [0.05, 0.1) is 19.3 Å². The number of hydrogen-bond acceptors (Lipinski definition) is 3. The SMILES string of the molecule is [2H]C([2H])([2H])c1cc(-c2cccc3c2oc2c(C#N)c([Si](C)(c4cccc(F)c4)c4cccc(F)c4)ccc23)ncc1[Si](C)(C)C. The van der Waals surface area contributed by atoms with Gasteiger partial charge < -0.3 is 4.42 Å². The number of hydrogen-bond donors (Lipinski definition) is 0. The van der Waals surface area contributed by atoms with Gasteiger partial charge in [-0.25, -0.2) is 8.78 Å². The highest BCUT2D eigenvalue weighted by Gasteiger charge is 2.38. The van der Waals surface area contributed by atoms with E-state index in [2.05, 4.69) is 25.7 Å². The molecule has 0 N–H and O–H groups in total. The van der Waals surface area contributed by atoms with Crippen molar-refractivity contribution in [2.24, 2.45) is 0 Å². The first kappa shape index (κ1) is 24.2. The molecule has 0 saturated heterocycles. The molecule has 0 bridgehead atoms. The molecule has 6 aromatic rings. The maximum Gasteiger partial charge on any atom is 0.153 e. The average molecular weight is 592 g/mol. The van der Waals surface area contributed by atoms with Crippen LogP contribution in [0.4, 0.5) is 8.78 Å². The molecule has 0 amide bonds. The molecule has 6 rings (SSSR count). The molecular formula is C35H30F2N2OSi2. The van der Waals surface area contributed by atoms with Crippen molar-refractivity contribution in [1.29, 1.82) is 5.26 Å². The van der Waals surface area contributed by atoms with Crippen molar-refractivity contribution in [3.05, 3.63) is 114 Å². The molecular weight excluding hydrogens is 559 g/mol. The summed E-state index contributed by atoms with van der Waals surface area (Å²) >= 11 is 0. The lowest BCUT2D eigenvalue weighted by Crippen LogP contribution is -2.65. The van der Waals surface area contributed by atoms with E-state index < -0.39 is 34.6 Å². The monoisotopic (exact) mass is 591 g/mol. The number of aryl methyl sites for hydroxylation is 1. The Balaban J connectivity index is 1.63. The number of nitriles is 1. The smallest absolute Gasteiger partial charge is 0.153 e. The summed E-state index contributed by atoms with van der Waals surface area (Å²) in [6.07, 6.45) is 1.68. The number of nitrogens with zero attached hydrogens (tertiary/aromatic N) is 2. The first-order chi connectivity index (χ1) is 21.2. The van der Waals surface area contributed by atoms with Gasteiger partial charge in [-0.05, 0) is 69.6 Å². The van der Waals surface area contributed by atoms with Crippen LogP contribution >= 0.6 is 0 Å².